The van der Waals surface area contributed by atoms with Crippen molar-refractivity contribution in [2.75, 3.05) is 0 Å². The molecule has 0 saturated heterocycles. The number of benzene rings is 1. The summed E-state index contributed by atoms with van der Waals surface area (Å²) in [5.74, 6) is 0. The zero-order valence-electron chi connectivity index (χ0n) is 7.04. The second-order valence-corrected chi connectivity index (χ2v) is 4.07. The fourth-order valence-corrected chi connectivity index (χ4v) is 1.17. The Morgan fingerprint density at radius 3 is 2.17 bits per heavy atom. The fourth-order valence-electron chi connectivity index (χ4n) is 0.910. The van der Waals surface area contributed by atoms with Gasteiger partial charge in [0.15, 0.2) is 0 Å². The van der Waals surface area contributed by atoms with Crippen molar-refractivity contribution in [2.45, 2.75) is 19.4 Å². The van der Waals surface area contributed by atoms with Gasteiger partial charge in [-0.05, 0) is 31.5 Å². The molecule has 64 valence electrons. The lowest BCUT2D eigenvalue weighted by Gasteiger charge is -2.14. The molecule has 0 radical (unpaired) electrons. The van der Waals surface area contributed by atoms with Gasteiger partial charge in [-0.2, -0.15) is 0 Å². The lowest BCUT2D eigenvalue weighted by molar-refractivity contribution is 0.552. The Kier molecular flexibility index (Phi) is 2.62. The number of hydrogen-bond acceptors (Lipinski definition) is 2. The van der Waals surface area contributed by atoms with E-state index in [4.69, 9.17) is 0 Å². The number of hydrogen-bond donors (Lipinski definition) is 0. The first-order valence-electron chi connectivity index (χ1n) is 3.67. The Balaban J connectivity index is 3.04. The molecule has 0 spiro atoms. The van der Waals surface area contributed by atoms with Gasteiger partial charge in [0.25, 0.3) is 0 Å². The molecule has 0 saturated carbocycles. The van der Waals surface area contributed by atoms with Crippen LogP contribution in [0.1, 0.15) is 19.4 Å². The van der Waals surface area contributed by atoms with Gasteiger partial charge in [0.1, 0.15) is 5.54 Å². The molecule has 0 amide bonds. The summed E-state index contributed by atoms with van der Waals surface area (Å²) in [4.78, 5) is 10.5. The van der Waals surface area contributed by atoms with Crippen molar-refractivity contribution >= 4 is 15.9 Å². The van der Waals surface area contributed by atoms with Gasteiger partial charge >= 0.3 is 0 Å². The minimum Gasteiger partial charge on any atom is -0.150 e. The molecule has 0 N–H and O–H groups in total. The Hall–Kier alpha value is -0.700. The molecular formula is C9H10BrNO. The smallest absolute Gasteiger partial charge is 0.122 e. The first-order valence-corrected chi connectivity index (χ1v) is 4.46. The van der Waals surface area contributed by atoms with Crippen LogP contribution in [0.15, 0.2) is 33.9 Å². The van der Waals surface area contributed by atoms with Gasteiger partial charge in [0, 0.05) is 4.47 Å². The van der Waals surface area contributed by atoms with Crippen LogP contribution in [0.4, 0.5) is 0 Å². The third kappa shape index (κ3) is 1.91. The summed E-state index contributed by atoms with van der Waals surface area (Å²) in [5.41, 5.74) is 0.307. The molecule has 0 aliphatic heterocycles. The van der Waals surface area contributed by atoms with E-state index in [1.807, 2.05) is 24.3 Å². The summed E-state index contributed by atoms with van der Waals surface area (Å²) in [6, 6.07) is 7.60. The lowest BCUT2D eigenvalue weighted by atomic mass is 9.96. The van der Waals surface area contributed by atoms with E-state index in [2.05, 4.69) is 21.1 Å². The Labute approximate surface area is 80.1 Å². The largest absolute Gasteiger partial charge is 0.150 e. The fraction of sp³-hybridized carbons (Fsp3) is 0.333. The molecule has 0 bridgehead atoms. The van der Waals surface area contributed by atoms with E-state index in [0.717, 1.165) is 10.0 Å². The van der Waals surface area contributed by atoms with Crippen LogP contribution >= 0.6 is 15.9 Å². The number of nitrogens with zero attached hydrogens (tertiary/aromatic N) is 1. The van der Waals surface area contributed by atoms with Crippen molar-refractivity contribution < 1.29 is 0 Å². The highest BCUT2D eigenvalue weighted by Crippen LogP contribution is 2.25. The first kappa shape index (κ1) is 9.39. The van der Waals surface area contributed by atoms with Crippen LogP contribution in [0.5, 0.6) is 0 Å². The summed E-state index contributed by atoms with van der Waals surface area (Å²) in [6.07, 6.45) is 0. The maximum absolute atomic E-state index is 10.5. The summed E-state index contributed by atoms with van der Waals surface area (Å²) in [7, 11) is 0. The molecule has 0 aromatic heterocycles. The highest BCUT2D eigenvalue weighted by Gasteiger charge is 2.20. The van der Waals surface area contributed by atoms with Gasteiger partial charge in [-0.25, -0.2) is 0 Å². The predicted molar refractivity (Wildman–Crippen MR) is 53.0 cm³/mol. The third-order valence-electron chi connectivity index (χ3n) is 1.78. The second-order valence-electron chi connectivity index (χ2n) is 3.16. The standard InChI is InChI=1S/C9H10BrNO/c1-9(2,11-12)7-3-5-8(10)6-4-7/h3-6H,1-2H3. The van der Waals surface area contributed by atoms with Gasteiger partial charge in [0.05, 0.1) is 0 Å². The summed E-state index contributed by atoms with van der Waals surface area (Å²) < 4.78 is 1.01. The van der Waals surface area contributed by atoms with Crippen LogP contribution in [0, 0.1) is 4.91 Å². The quantitative estimate of drug-likeness (QED) is 0.712. The molecule has 3 heteroatoms. The maximum Gasteiger partial charge on any atom is 0.122 e. The molecule has 0 atom stereocenters. The molecule has 1 aromatic rings. The van der Waals surface area contributed by atoms with Gasteiger partial charge in [-0.1, -0.05) is 33.2 Å². The summed E-state index contributed by atoms with van der Waals surface area (Å²) in [6.45, 7) is 3.59. The normalized spacial score (nSPS) is 11.2. The van der Waals surface area contributed by atoms with Gasteiger partial charge in [0.2, 0.25) is 0 Å². The molecule has 0 aliphatic carbocycles. The van der Waals surface area contributed by atoms with Crippen LogP contribution in [0.2, 0.25) is 0 Å². The van der Waals surface area contributed by atoms with Crippen molar-refractivity contribution in [1.82, 2.24) is 0 Å². The molecule has 2 nitrogen and oxygen atoms in total. The van der Waals surface area contributed by atoms with E-state index in [1.165, 1.54) is 0 Å². The van der Waals surface area contributed by atoms with Crippen molar-refractivity contribution in [3.05, 3.63) is 39.2 Å². The van der Waals surface area contributed by atoms with E-state index < -0.39 is 5.54 Å². The van der Waals surface area contributed by atoms with Crippen molar-refractivity contribution in [1.29, 1.82) is 0 Å². The zero-order chi connectivity index (χ0) is 9.19. The van der Waals surface area contributed by atoms with E-state index in [-0.39, 0.29) is 0 Å². The predicted octanol–water partition coefficient (Wildman–Crippen LogP) is 3.45. The van der Waals surface area contributed by atoms with Crippen LogP contribution in [-0.2, 0) is 5.54 Å². The van der Waals surface area contributed by atoms with Crippen molar-refractivity contribution in [2.24, 2.45) is 5.18 Å². The van der Waals surface area contributed by atoms with Gasteiger partial charge in [-0.15, -0.1) is 4.91 Å². The highest BCUT2D eigenvalue weighted by molar-refractivity contribution is 9.10. The van der Waals surface area contributed by atoms with Crippen LogP contribution in [-0.4, -0.2) is 0 Å². The van der Waals surface area contributed by atoms with Crippen LogP contribution in [0.25, 0.3) is 0 Å². The number of rotatable bonds is 2. The molecule has 0 unspecified atom stereocenters. The molecule has 12 heavy (non-hydrogen) atoms. The average molecular weight is 228 g/mol. The third-order valence-corrected chi connectivity index (χ3v) is 2.31. The molecule has 0 fully saturated rings. The molecular weight excluding hydrogens is 218 g/mol. The molecule has 0 aliphatic rings. The number of nitroso groups, excluding NO2 is 1. The average Bonchev–Trinajstić information content (AvgIpc) is 2.05. The SMILES string of the molecule is CC(C)(N=O)c1ccc(Br)cc1. The monoisotopic (exact) mass is 227 g/mol. The van der Waals surface area contributed by atoms with Crippen LogP contribution < -0.4 is 0 Å². The number of halogens is 1. The topological polar surface area (TPSA) is 29.4 Å². The second kappa shape index (κ2) is 3.35. The van der Waals surface area contributed by atoms with Gasteiger partial charge < -0.3 is 0 Å². The Morgan fingerprint density at radius 1 is 1.25 bits per heavy atom. The van der Waals surface area contributed by atoms with Crippen molar-refractivity contribution in [3.8, 4) is 0 Å². The minimum atomic E-state index is -0.624. The van der Waals surface area contributed by atoms with E-state index in [9.17, 15) is 4.91 Å². The van der Waals surface area contributed by atoms with E-state index in [0.29, 0.717) is 0 Å². The maximum atomic E-state index is 10.5. The zero-order valence-corrected chi connectivity index (χ0v) is 8.63. The summed E-state index contributed by atoms with van der Waals surface area (Å²) >= 11 is 3.33. The van der Waals surface area contributed by atoms with Crippen LogP contribution in [0.3, 0.4) is 0 Å². The molecule has 0 heterocycles. The van der Waals surface area contributed by atoms with Crippen molar-refractivity contribution in [3.63, 3.8) is 0 Å². The lowest BCUT2D eigenvalue weighted by Crippen LogP contribution is -2.12. The molecule has 1 aromatic carbocycles. The van der Waals surface area contributed by atoms with Gasteiger partial charge in [-0.3, -0.25) is 0 Å². The minimum absolute atomic E-state index is 0.624. The highest BCUT2D eigenvalue weighted by atomic mass is 79.9. The first-order chi connectivity index (χ1) is 5.56. The summed E-state index contributed by atoms with van der Waals surface area (Å²) in [5, 5.41) is 3.06. The van der Waals surface area contributed by atoms with E-state index in [1.54, 1.807) is 13.8 Å². The Bertz CT molecular complexity index is 279. The van der Waals surface area contributed by atoms with E-state index >= 15 is 0 Å². The Morgan fingerprint density at radius 2 is 1.75 bits per heavy atom. The molecule has 1 rings (SSSR count).